The summed E-state index contributed by atoms with van der Waals surface area (Å²) >= 11 is 0. The molecule has 0 saturated carbocycles. The van der Waals surface area contributed by atoms with Crippen LogP contribution in [-0.4, -0.2) is 48.9 Å². The molecule has 0 unspecified atom stereocenters. The lowest BCUT2D eigenvalue weighted by molar-refractivity contribution is 0.0696. The summed E-state index contributed by atoms with van der Waals surface area (Å²) in [5, 5.41) is 8.92. The summed E-state index contributed by atoms with van der Waals surface area (Å²) in [6, 6.07) is 22.6. The van der Waals surface area contributed by atoms with Crippen LogP contribution in [-0.2, 0) is 4.74 Å². The molecular formula is C25H23NO5. The molecule has 0 spiro atoms. The first-order valence-corrected chi connectivity index (χ1v) is 10.1. The molecule has 0 radical (unpaired) electrons. The van der Waals surface area contributed by atoms with Crippen LogP contribution in [0.4, 0.5) is 4.79 Å². The fraction of sp³-hybridized carbons (Fsp3) is 0.200. The number of ether oxygens (including phenoxy) is 2. The molecular weight excluding hydrogens is 394 g/mol. The average molecular weight is 417 g/mol. The smallest absolute Gasteiger partial charge is 0.409 e. The van der Waals surface area contributed by atoms with Gasteiger partial charge in [-0.1, -0.05) is 48.5 Å². The molecule has 0 heterocycles. The Balaban J connectivity index is 1.30. The predicted molar refractivity (Wildman–Crippen MR) is 117 cm³/mol. The summed E-state index contributed by atoms with van der Waals surface area (Å²) in [6.07, 6.45) is -0.410. The Labute approximate surface area is 180 Å². The number of benzene rings is 3. The van der Waals surface area contributed by atoms with E-state index in [9.17, 15) is 9.59 Å². The van der Waals surface area contributed by atoms with Crippen molar-refractivity contribution < 1.29 is 24.2 Å². The average Bonchev–Trinajstić information content (AvgIpc) is 3.11. The number of fused-ring (bicyclic) bond motifs is 3. The zero-order chi connectivity index (χ0) is 21.8. The van der Waals surface area contributed by atoms with E-state index in [0.717, 1.165) is 0 Å². The number of carboxylic acids is 1. The minimum atomic E-state index is -0.985. The van der Waals surface area contributed by atoms with Crippen molar-refractivity contribution in [2.45, 2.75) is 5.92 Å². The highest BCUT2D eigenvalue weighted by atomic mass is 16.6. The van der Waals surface area contributed by atoms with Gasteiger partial charge >= 0.3 is 12.1 Å². The normalized spacial score (nSPS) is 12.0. The highest BCUT2D eigenvalue weighted by Gasteiger charge is 2.29. The van der Waals surface area contributed by atoms with Gasteiger partial charge < -0.3 is 19.5 Å². The van der Waals surface area contributed by atoms with E-state index in [1.54, 1.807) is 19.2 Å². The van der Waals surface area contributed by atoms with Gasteiger partial charge in [-0.3, -0.25) is 0 Å². The quantitative estimate of drug-likeness (QED) is 0.606. The molecule has 1 amide bonds. The van der Waals surface area contributed by atoms with Gasteiger partial charge in [0, 0.05) is 13.0 Å². The van der Waals surface area contributed by atoms with E-state index in [4.69, 9.17) is 14.6 Å². The molecule has 6 nitrogen and oxygen atoms in total. The van der Waals surface area contributed by atoms with Crippen LogP contribution in [0.25, 0.3) is 11.1 Å². The maximum Gasteiger partial charge on any atom is 0.409 e. The van der Waals surface area contributed by atoms with Crippen molar-refractivity contribution in [3.63, 3.8) is 0 Å². The fourth-order valence-electron chi connectivity index (χ4n) is 3.79. The monoisotopic (exact) mass is 417 g/mol. The van der Waals surface area contributed by atoms with Crippen LogP contribution < -0.4 is 4.74 Å². The maximum absolute atomic E-state index is 12.5. The van der Waals surface area contributed by atoms with Crippen LogP contribution in [0.1, 0.15) is 27.4 Å². The SMILES string of the molecule is CN(CCOc1ccc(C(=O)O)cc1)C(=O)OCC1c2ccccc2-c2ccccc21. The molecule has 6 heteroatoms. The minimum Gasteiger partial charge on any atom is -0.492 e. The molecule has 0 bridgehead atoms. The summed E-state index contributed by atoms with van der Waals surface area (Å²) < 4.78 is 11.2. The van der Waals surface area contributed by atoms with Gasteiger partial charge in [0.1, 0.15) is 19.0 Å². The topological polar surface area (TPSA) is 76.1 Å². The number of amides is 1. The van der Waals surface area contributed by atoms with Crippen molar-refractivity contribution >= 4 is 12.1 Å². The number of hydrogen-bond donors (Lipinski definition) is 1. The predicted octanol–water partition coefficient (Wildman–Crippen LogP) is 4.64. The van der Waals surface area contributed by atoms with Gasteiger partial charge in [-0.05, 0) is 46.5 Å². The Morgan fingerprint density at radius 2 is 1.48 bits per heavy atom. The molecule has 31 heavy (non-hydrogen) atoms. The molecule has 1 aliphatic carbocycles. The van der Waals surface area contributed by atoms with Crippen molar-refractivity contribution in [2.24, 2.45) is 0 Å². The van der Waals surface area contributed by atoms with Gasteiger partial charge in [-0.15, -0.1) is 0 Å². The molecule has 0 atom stereocenters. The van der Waals surface area contributed by atoms with Crippen LogP contribution in [0.5, 0.6) is 5.75 Å². The van der Waals surface area contributed by atoms with Gasteiger partial charge in [0.2, 0.25) is 0 Å². The highest BCUT2D eigenvalue weighted by Crippen LogP contribution is 2.44. The zero-order valence-corrected chi connectivity index (χ0v) is 17.2. The van der Waals surface area contributed by atoms with Gasteiger partial charge in [-0.25, -0.2) is 9.59 Å². The summed E-state index contributed by atoms with van der Waals surface area (Å²) in [4.78, 5) is 24.8. The summed E-state index contributed by atoms with van der Waals surface area (Å²) in [5.74, 6) is -0.416. The molecule has 0 fully saturated rings. The lowest BCUT2D eigenvalue weighted by atomic mass is 9.98. The van der Waals surface area contributed by atoms with E-state index in [1.807, 2.05) is 24.3 Å². The molecule has 0 aromatic heterocycles. The second-order valence-electron chi connectivity index (χ2n) is 7.40. The molecule has 4 rings (SSSR count). The zero-order valence-electron chi connectivity index (χ0n) is 17.2. The molecule has 1 aliphatic rings. The number of nitrogens with zero attached hydrogens (tertiary/aromatic N) is 1. The molecule has 158 valence electrons. The maximum atomic E-state index is 12.5. The van der Waals surface area contributed by atoms with Crippen molar-refractivity contribution in [3.8, 4) is 16.9 Å². The van der Waals surface area contributed by atoms with Gasteiger partial charge in [0.25, 0.3) is 0 Å². The van der Waals surface area contributed by atoms with Crippen molar-refractivity contribution in [3.05, 3.63) is 89.5 Å². The fourth-order valence-corrected chi connectivity index (χ4v) is 3.79. The molecule has 3 aromatic rings. The van der Waals surface area contributed by atoms with Gasteiger partial charge in [0.05, 0.1) is 12.1 Å². The Bertz CT molecular complexity index is 1050. The van der Waals surface area contributed by atoms with E-state index in [-0.39, 0.29) is 24.7 Å². The highest BCUT2D eigenvalue weighted by molar-refractivity contribution is 5.87. The van der Waals surface area contributed by atoms with Crippen LogP contribution >= 0.6 is 0 Å². The second kappa shape index (κ2) is 8.92. The summed E-state index contributed by atoms with van der Waals surface area (Å²) in [7, 11) is 1.66. The van der Waals surface area contributed by atoms with Crippen LogP contribution in [0, 0.1) is 0 Å². The minimum absolute atomic E-state index is 0.0220. The Hall–Kier alpha value is -3.80. The van der Waals surface area contributed by atoms with E-state index >= 15 is 0 Å². The van der Waals surface area contributed by atoms with Gasteiger partial charge in [0.15, 0.2) is 0 Å². The molecule has 3 aromatic carbocycles. The third-order valence-corrected chi connectivity index (χ3v) is 5.44. The Morgan fingerprint density at radius 1 is 0.903 bits per heavy atom. The molecule has 0 aliphatic heterocycles. The van der Waals surface area contributed by atoms with Gasteiger partial charge in [-0.2, -0.15) is 0 Å². The largest absolute Gasteiger partial charge is 0.492 e. The van der Waals surface area contributed by atoms with Crippen molar-refractivity contribution in [2.75, 3.05) is 26.8 Å². The summed E-state index contributed by atoms with van der Waals surface area (Å²) in [5.41, 5.74) is 4.92. The van der Waals surface area contributed by atoms with E-state index in [2.05, 4.69) is 24.3 Å². The second-order valence-corrected chi connectivity index (χ2v) is 7.40. The number of carbonyl (C=O) groups is 2. The van der Waals surface area contributed by atoms with E-state index in [1.165, 1.54) is 39.3 Å². The first-order chi connectivity index (χ1) is 15.0. The Kier molecular flexibility index (Phi) is 5.89. The standard InChI is InChI=1S/C25H23NO5/c1-26(14-15-30-18-12-10-17(11-13-18)24(27)28)25(29)31-16-23-21-8-4-2-6-19(21)20-7-3-5-9-22(20)23/h2-13,23H,14-16H2,1H3,(H,27,28). The number of aromatic carboxylic acids is 1. The number of carboxylic acid groups (broad SMARTS) is 1. The summed E-state index contributed by atoms with van der Waals surface area (Å²) in [6.45, 7) is 0.888. The van der Waals surface area contributed by atoms with Crippen LogP contribution in [0.2, 0.25) is 0 Å². The Morgan fingerprint density at radius 3 is 2.06 bits per heavy atom. The van der Waals surface area contributed by atoms with E-state index < -0.39 is 12.1 Å². The molecule has 1 N–H and O–H groups in total. The van der Waals surface area contributed by atoms with Crippen molar-refractivity contribution in [1.82, 2.24) is 4.90 Å². The van der Waals surface area contributed by atoms with E-state index in [0.29, 0.717) is 12.3 Å². The number of likely N-dealkylation sites (N-methyl/N-ethyl adjacent to an activating group) is 1. The molecule has 0 saturated heterocycles. The first kappa shape index (κ1) is 20.5. The van der Waals surface area contributed by atoms with Crippen molar-refractivity contribution in [1.29, 1.82) is 0 Å². The third-order valence-electron chi connectivity index (χ3n) is 5.44. The van der Waals surface area contributed by atoms with Crippen LogP contribution in [0.15, 0.2) is 72.8 Å². The van der Waals surface area contributed by atoms with Crippen LogP contribution in [0.3, 0.4) is 0 Å². The number of hydrogen-bond acceptors (Lipinski definition) is 4. The lowest BCUT2D eigenvalue weighted by Crippen LogP contribution is -2.32. The number of carbonyl (C=O) groups excluding carboxylic acids is 1. The number of rotatable bonds is 7. The third kappa shape index (κ3) is 4.38. The first-order valence-electron chi connectivity index (χ1n) is 10.1. The lowest BCUT2D eigenvalue weighted by Gasteiger charge is -2.20.